The molecular weight excluding hydrogens is 380 g/mol. The van der Waals surface area contributed by atoms with Gasteiger partial charge in [0, 0.05) is 38.6 Å². The zero-order chi connectivity index (χ0) is 20.9. The number of hydrogen-bond donors (Lipinski definition) is 0. The second kappa shape index (κ2) is 7.56. The van der Waals surface area contributed by atoms with Crippen LogP contribution in [-0.2, 0) is 9.53 Å². The Kier molecular flexibility index (Phi) is 5.00. The van der Waals surface area contributed by atoms with Gasteiger partial charge in [-0.2, -0.15) is 0 Å². The summed E-state index contributed by atoms with van der Waals surface area (Å²) in [5.74, 6) is 1.02. The van der Waals surface area contributed by atoms with Crippen LogP contribution in [0.15, 0.2) is 34.5 Å². The van der Waals surface area contributed by atoms with Crippen LogP contribution in [0.5, 0.6) is 0 Å². The monoisotopic (exact) mass is 412 g/mol. The summed E-state index contributed by atoms with van der Waals surface area (Å²) in [4.78, 5) is 29.4. The van der Waals surface area contributed by atoms with Crippen LogP contribution in [0.3, 0.4) is 0 Å². The highest BCUT2D eigenvalue weighted by Crippen LogP contribution is 2.54. The van der Waals surface area contributed by atoms with Gasteiger partial charge >= 0.3 is 5.97 Å². The molecule has 1 aromatic heterocycles. The SMILES string of the molecule is C[C@H]1CCC[C@]2(C)C[C@H]3OC(=O)[C@H](CN4CCN(C(=O)c5ccco5)CC4)[C@@H]3C=C12. The normalized spacial score (nSPS) is 36.7. The molecule has 2 saturated heterocycles. The largest absolute Gasteiger partial charge is 0.461 e. The summed E-state index contributed by atoms with van der Waals surface area (Å²) < 4.78 is 11.1. The molecule has 0 aromatic carbocycles. The van der Waals surface area contributed by atoms with Gasteiger partial charge in [-0.3, -0.25) is 14.5 Å². The lowest BCUT2D eigenvalue weighted by Gasteiger charge is -2.46. The molecule has 162 valence electrons. The molecule has 6 heteroatoms. The highest BCUT2D eigenvalue weighted by Gasteiger charge is 2.52. The van der Waals surface area contributed by atoms with Crippen molar-refractivity contribution < 1.29 is 18.7 Å². The number of ether oxygens (including phenoxy) is 1. The molecule has 0 bridgehead atoms. The molecule has 30 heavy (non-hydrogen) atoms. The number of furan rings is 1. The van der Waals surface area contributed by atoms with E-state index in [1.165, 1.54) is 25.5 Å². The Morgan fingerprint density at radius 3 is 2.80 bits per heavy atom. The highest BCUT2D eigenvalue weighted by molar-refractivity contribution is 5.91. The van der Waals surface area contributed by atoms with Crippen molar-refractivity contribution in [3.05, 3.63) is 35.8 Å². The van der Waals surface area contributed by atoms with E-state index < -0.39 is 0 Å². The van der Waals surface area contributed by atoms with Gasteiger partial charge in [-0.1, -0.05) is 31.9 Å². The predicted molar refractivity (Wildman–Crippen MR) is 112 cm³/mol. The van der Waals surface area contributed by atoms with Gasteiger partial charge in [0.15, 0.2) is 5.76 Å². The van der Waals surface area contributed by atoms with E-state index in [9.17, 15) is 9.59 Å². The van der Waals surface area contributed by atoms with Crippen LogP contribution in [0.25, 0.3) is 0 Å². The van der Waals surface area contributed by atoms with Gasteiger partial charge in [0.2, 0.25) is 0 Å². The number of piperazine rings is 1. The van der Waals surface area contributed by atoms with Crippen LogP contribution in [0.1, 0.15) is 50.1 Å². The molecule has 3 fully saturated rings. The molecule has 3 heterocycles. The van der Waals surface area contributed by atoms with Crippen molar-refractivity contribution in [2.45, 2.75) is 45.6 Å². The first-order valence-electron chi connectivity index (χ1n) is 11.4. The van der Waals surface area contributed by atoms with E-state index in [1.54, 1.807) is 17.7 Å². The first-order chi connectivity index (χ1) is 14.4. The number of hydrogen-bond acceptors (Lipinski definition) is 5. The van der Waals surface area contributed by atoms with Gasteiger partial charge in [0.1, 0.15) is 6.10 Å². The fourth-order valence-corrected chi connectivity index (χ4v) is 6.23. The van der Waals surface area contributed by atoms with Gasteiger partial charge in [0.25, 0.3) is 5.91 Å². The zero-order valence-corrected chi connectivity index (χ0v) is 18.0. The fraction of sp³-hybridized carbons (Fsp3) is 0.667. The zero-order valence-electron chi connectivity index (χ0n) is 18.0. The van der Waals surface area contributed by atoms with E-state index in [0.29, 0.717) is 24.8 Å². The third-order valence-electron chi connectivity index (χ3n) is 7.93. The van der Waals surface area contributed by atoms with Gasteiger partial charge < -0.3 is 14.1 Å². The lowest BCUT2D eigenvalue weighted by molar-refractivity contribution is -0.145. The average Bonchev–Trinajstić information content (AvgIpc) is 3.35. The predicted octanol–water partition coefficient (Wildman–Crippen LogP) is 3.35. The van der Waals surface area contributed by atoms with Gasteiger partial charge in [0.05, 0.1) is 12.2 Å². The van der Waals surface area contributed by atoms with Crippen molar-refractivity contribution in [1.82, 2.24) is 9.80 Å². The molecule has 2 aliphatic heterocycles. The Balaban J connectivity index is 1.25. The van der Waals surface area contributed by atoms with Crippen LogP contribution in [0.4, 0.5) is 0 Å². The first-order valence-corrected chi connectivity index (χ1v) is 11.4. The van der Waals surface area contributed by atoms with Crippen LogP contribution in [0, 0.1) is 23.2 Å². The number of carbonyl (C=O) groups is 2. The van der Waals surface area contributed by atoms with E-state index in [-0.39, 0.29) is 35.2 Å². The smallest absolute Gasteiger partial charge is 0.311 e. The Labute approximate surface area is 178 Å². The standard InChI is InChI=1S/C24H32N2O4/c1-16-5-3-7-24(2)14-21-17(13-19(16)24)18(23(28)30-21)15-25-8-10-26(11-9-25)22(27)20-6-4-12-29-20/h4,6,12-13,16-18,21H,3,5,7-11,14-15H2,1-2H3/t16-,17-,18+,21+,24+/m0/s1. The number of fused-ring (bicyclic) bond motifs is 2. The first kappa shape index (κ1) is 19.9. The van der Waals surface area contributed by atoms with Crippen LogP contribution < -0.4 is 0 Å². The molecule has 0 unspecified atom stereocenters. The lowest BCUT2D eigenvalue weighted by atomic mass is 9.59. The summed E-state index contributed by atoms with van der Waals surface area (Å²) in [6.45, 7) is 8.29. The second-order valence-electron chi connectivity index (χ2n) is 9.91. The minimum atomic E-state index is -0.0894. The van der Waals surface area contributed by atoms with Crippen LogP contribution in [-0.4, -0.2) is 60.5 Å². The summed E-state index contributed by atoms with van der Waals surface area (Å²) in [7, 11) is 0. The van der Waals surface area contributed by atoms with Gasteiger partial charge in [-0.05, 0) is 42.7 Å². The summed E-state index contributed by atoms with van der Waals surface area (Å²) in [6, 6.07) is 3.45. The highest BCUT2D eigenvalue weighted by atomic mass is 16.6. The Hall–Kier alpha value is -2.08. The van der Waals surface area contributed by atoms with Crippen molar-refractivity contribution in [3.63, 3.8) is 0 Å². The van der Waals surface area contributed by atoms with Crippen molar-refractivity contribution >= 4 is 11.9 Å². The molecule has 1 amide bonds. The summed E-state index contributed by atoms with van der Waals surface area (Å²) >= 11 is 0. The van der Waals surface area contributed by atoms with E-state index >= 15 is 0 Å². The maximum Gasteiger partial charge on any atom is 0.311 e. The fourth-order valence-electron chi connectivity index (χ4n) is 6.23. The molecule has 5 atom stereocenters. The number of allylic oxidation sites excluding steroid dienone is 1. The molecule has 0 spiro atoms. The maximum atomic E-state index is 12.8. The van der Waals surface area contributed by atoms with Gasteiger partial charge in [-0.15, -0.1) is 0 Å². The maximum absolute atomic E-state index is 12.8. The molecule has 0 N–H and O–H groups in total. The van der Waals surface area contributed by atoms with E-state index in [1.807, 2.05) is 4.90 Å². The van der Waals surface area contributed by atoms with Crippen LogP contribution >= 0.6 is 0 Å². The van der Waals surface area contributed by atoms with Crippen molar-refractivity contribution in [1.29, 1.82) is 0 Å². The van der Waals surface area contributed by atoms with E-state index in [4.69, 9.17) is 9.15 Å². The molecule has 1 saturated carbocycles. The minimum Gasteiger partial charge on any atom is -0.461 e. The number of rotatable bonds is 3. The number of esters is 1. The van der Waals surface area contributed by atoms with E-state index in [0.717, 1.165) is 26.1 Å². The number of carbonyl (C=O) groups excluding carboxylic acids is 2. The second-order valence-corrected chi connectivity index (χ2v) is 9.91. The minimum absolute atomic E-state index is 0.0309. The molecular formula is C24H32N2O4. The number of nitrogens with zero attached hydrogens (tertiary/aromatic N) is 2. The molecule has 6 nitrogen and oxygen atoms in total. The molecule has 5 rings (SSSR count). The number of amides is 1. The Morgan fingerprint density at radius 1 is 1.27 bits per heavy atom. The summed E-state index contributed by atoms with van der Waals surface area (Å²) in [5.41, 5.74) is 1.76. The van der Waals surface area contributed by atoms with E-state index in [2.05, 4.69) is 24.8 Å². The lowest BCUT2D eigenvalue weighted by Crippen LogP contribution is -2.50. The third kappa shape index (κ3) is 3.39. The van der Waals surface area contributed by atoms with Crippen molar-refractivity contribution in [2.75, 3.05) is 32.7 Å². The molecule has 4 aliphatic rings. The molecule has 2 aliphatic carbocycles. The Bertz CT molecular complexity index is 839. The third-order valence-corrected chi connectivity index (χ3v) is 7.93. The average molecular weight is 413 g/mol. The summed E-state index contributed by atoms with van der Waals surface area (Å²) in [6.07, 6.45) is 8.69. The van der Waals surface area contributed by atoms with Crippen molar-refractivity contribution in [3.8, 4) is 0 Å². The topological polar surface area (TPSA) is 63.0 Å². The summed E-state index contributed by atoms with van der Waals surface area (Å²) in [5, 5.41) is 0. The molecule has 0 radical (unpaired) electrons. The Morgan fingerprint density at radius 2 is 2.07 bits per heavy atom. The van der Waals surface area contributed by atoms with Gasteiger partial charge in [-0.25, -0.2) is 0 Å². The van der Waals surface area contributed by atoms with Crippen molar-refractivity contribution in [2.24, 2.45) is 23.2 Å². The quantitative estimate of drug-likeness (QED) is 0.563. The molecule has 1 aromatic rings. The van der Waals surface area contributed by atoms with Crippen LogP contribution in [0.2, 0.25) is 0 Å².